The van der Waals surface area contributed by atoms with E-state index in [0.29, 0.717) is 6.42 Å². The lowest BCUT2D eigenvalue weighted by Gasteiger charge is -2.32. The second-order valence-electron chi connectivity index (χ2n) is 8.39. The van der Waals surface area contributed by atoms with Gasteiger partial charge in [0.2, 0.25) is 0 Å². The maximum Gasteiger partial charge on any atom is 0.326 e. The van der Waals surface area contributed by atoms with Gasteiger partial charge in [-0.2, -0.15) is 0 Å². The molecule has 1 N–H and O–H groups in total. The Kier molecular flexibility index (Phi) is 4.86. The zero-order chi connectivity index (χ0) is 19.1. The summed E-state index contributed by atoms with van der Waals surface area (Å²) in [6, 6.07) is -0.851. The van der Waals surface area contributed by atoms with Crippen LogP contribution in [0.15, 0.2) is 6.20 Å². The normalized spacial score (nSPS) is 25.8. The first kappa shape index (κ1) is 18.5. The van der Waals surface area contributed by atoms with E-state index in [-0.39, 0.29) is 30.0 Å². The fraction of sp³-hybridized carbons (Fsp3) is 0.722. The molecule has 0 radical (unpaired) electrons. The number of aromatic nitrogens is 3. The molecule has 1 saturated carbocycles. The fourth-order valence-electron chi connectivity index (χ4n) is 3.96. The van der Waals surface area contributed by atoms with Crippen molar-refractivity contribution in [3.8, 4) is 0 Å². The SMILES string of the molecule is CC(C)(C)C(=O)Cn1cc(C(=O)N2C(C(=O)O)CC3CCCCC32)nn1. The average Bonchev–Trinajstić information content (AvgIpc) is 3.17. The van der Waals surface area contributed by atoms with Crippen LogP contribution < -0.4 is 0 Å². The van der Waals surface area contributed by atoms with Crippen molar-refractivity contribution in [1.82, 2.24) is 19.9 Å². The number of ketones is 1. The number of hydrogen-bond donors (Lipinski definition) is 1. The van der Waals surface area contributed by atoms with E-state index in [1.54, 1.807) is 0 Å². The number of rotatable bonds is 4. The number of carbonyl (C=O) groups excluding carboxylic acids is 2. The Balaban J connectivity index is 1.79. The van der Waals surface area contributed by atoms with Crippen LogP contribution >= 0.6 is 0 Å². The maximum atomic E-state index is 13.0. The number of carbonyl (C=O) groups is 3. The Morgan fingerprint density at radius 1 is 1.23 bits per heavy atom. The second-order valence-corrected chi connectivity index (χ2v) is 8.39. The number of aliphatic carboxylic acids is 1. The van der Waals surface area contributed by atoms with Crippen LogP contribution in [0.5, 0.6) is 0 Å². The lowest BCUT2D eigenvalue weighted by molar-refractivity contribution is -0.141. The third-order valence-corrected chi connectivity index (χ3v) is 5.51. The second kappa shape index (κ2) is 6.81. The highest BCUT2D eigenvalue weighted by atomic mass is 16.4. The number of carboxylic acid groups (broad SMARTS) is 1. The average molecular weight is 362 g/mol. The van der Waals surface area contributed by atoms with Crippen molar-refractivity contribution < 1.29 is 19.5 Å². The summed E-state index contributed by atoms with van der Waals surface area (Å²) in [6.07, 6.45) is 5.83. The monoisotopic (exact) mass is 362 g/mol. The molecular formula is C18H26N4O4. The number of carboxylic acids is 1. The summed E-state index contributed by atoms with van der Waals surface area (Å²) < 4.78 is 1.35. The standard InChI is InChI=1S/C18H26N4O4/c1-18(2,3)15(23)10-21-9-12(19-20-21)16(24)22-13-7-5-4-6-11(13)8-14(22)17(25)26/h9,11,13-14H,4-8,10H2,1-3H3,(H,25,26). The van der Waals surface area contributed by atoms with E-state index in [0.717, 1.165) is 25.7 Å². The van der Waals surface area contributed by atoms with Gasteiger partial charge in [0.25, 0.3) is 5.91 Å². The molecule has 2 aliphatic rings. The Morgan fingerprint density at radius 2 is 1.92 bits per heavy atom. The van der Waals surface area contributed by atoms with Gasteiger partial charge in [0.15, 0.2) is 11.5 Å². The molecule has 3 rings (SSSR count). The molecule has 2 fully saturated rings. The first-order valence-electron chi connectivity index (χ1n) is 9.17. The largest absolute Gasteiger partial charge is 0.480 e. The van der Waals surface area contributed by atoms with Crippen molar-refractivity contribution in [3.05, 3.63) is 11.9 Å². The Hall–Kier alpha value is -2.25. The molecule has 2 heterocycles. The van der Waals surface area contributed by atoms with Crippen molar-refractivity contribution in [2.45, 2.75) is 71.5 Å². The first-order chi connectivity index (χ1) is 12.2. The number of Topliss-reactive ketones (excluding diaryl/α,β-unsaturated/α-hetero) is 1. The fourth-order valence-corrected chi connectivity index (χ4v) is 3.96. The number of hydrogen-bond acceptors (Lipinski definition) is 5. The van der Waals surface area contributed by atoms with Gasteiger partial charge >= 0.3 is 5.97 Å². The third-order valence-electron chi connectivity index (χ3n) is 5.51. The zero-order valence-electron chi connectivity index (χ0n) is 15.5. The molecule has 0 aromatic carbocycles. The van der Waals surface area contributed by atoms with Crippen molar-refractivity contribution in [1.29, 1.82) is 0 Å². The van der Waals surface area contributed by atoms with Crippen molar-refractivity contribution in [2.24, 2.45) is 11.3 Å². The summed E-state index contributed by atoms with van der Waals surface area (Å²) in [7, 11) is 0. The minimum absolute atomic E-state index is 0.0154. The Morgan fingerprint density at radius 3 is 2.58 bits per heavy atom. The predicted molar refractivity (Wildman–Crippen MR) is 92.4 cm³/mol. The summed E-state index contributed by atoms with van der Waals surface area (Å²) in [4.78, 5) is 38.3. The minimum Gasteiger partial charge on any atom is -0.480 e. The quantitative estimate of drug-likeness (QED) is 0.875. The van der Waals surface area contributed by atoms with Gasteiger partial charge in [0.05, 0.1) is 6.20 Å². The van der Waals surface area contributed by atoms with Gasteiger partial charge in [0.1, 0.15) is 12.6 Å². The first-order valence-corrected chi connectivity index (χ1v) is 9.17. The van der Waals surface area contributed by atoms with Crippen LogP contribution in [-0.2, 0) is 16.1 Å². The van der Waals surface area contributed by atoms with Crippen molar-refractivity contribution in [3.63, 3.8) is 0 Å². The predicted octanol–water partition coefficient (Wildman–Crippen LogP) is 1.75. The lowest BCUT2D eigenvalue weighted by Crippen LogP contribution is -2.46. The van der Waals surface area contributed by atoms with Gasteiger partial charge in [-0.3, -0.25) is 9.59 Å². The van der Waals surface area contributed by atoms with E-state index in [1.165, 1.54) is 15.8 Å². The minimum atomic E-state index is -0.969. The van der Waals surface area contributed by atoms with E-state index >= 15 is 0 Å². The highest BCUT2D eigenvalue weighted by Gasteiger charge is 2.48. The molecule has 1 aromatic rings. The molecule has 1 aromatic heterocycles. The molecular weight excluding hydrogens is 336 g/mol. The highest BCUT2D eigenvalue weighted by molar-refractivity contribution is 5.95. The van der Waals surface area contributed by atoms with Crippen LogP contribution in [0.1, 0.15) is 63.4 Å². The molecule has 0 spiro atoms. The van der Waals surface area contributed by atoms with E-state index in [4.69, 9.17) is 0 Å². The zero-order valence-corrected chi connectivity index (χ0v) is 15.5. The van der Waals surface area contributed by atoms with Gasteiger partial charge in [-0.05, 0) is 25.2 Å². The topological polar surface area (TPSA) is 105 Å². The molecule has 1 aliphatic heterocycles. The molecule has 3 unspecified atom stereocenters. The summed E-state index contributed by atoms with van der Waals surface area (Å²) in [5.41, 5.74) is -0.404. The molecule has 26 heavy (non-hydrogen) atoms. The van der Waals surface area contributed by atoms with Gasteiger partial charge < -0.3 is 10.0 Å². The van der Waals surface area contributed by atoms with E-state index in [2.05, 4.69) is 10.3 Å². The van der Waals surface area contributed by atoms with Gasteiger partial charge in [0, 0.05) is 11.5 Å². The van der Waals surface area contributed by atoms with E-state index < -0.39 is 23.3 Å². The van der Waals surface area contributed by atoms with Gasteiger partial charge in [-0.1, -0.05) is 38.8 Å². The number of amides is 1. The molecule has 1 amide bonds. The van der Waals surface area contributed by atoms with Crippen LogP contribution in [0.25, 0.3) is 0 Å². The smallest absolute Gasteiger partial charge is 0.326 e. The van der Waals surface area contributed by atoms with Crippen molar-refractivity contribution >= 4 is 17.7 Å². The molecule has 1 aliphatic carbocycles. The van der Waals surface area contributed by atoms with E-state index in [9.17, 15) is 19.5 Å². The van der Waals surface area contributed by atoms with Crippen LogP contribution in [0.4, 0.5) is 0 Å². The Labute approximate surface area is 152 Å². The summed E-state index contributed by atoms with van der Waals surface area (Å²) in [5, 5.41) is 17.4. The van der Waals surface area contributed by atoms with Crippen LogP contribution in [-0.4, -0.2) is 54.7 Å². The van der Waals surface area contributed by atoms with Crippen LogP contribution in [0.3, 0.4) is 0 Å². The Bertz CT molecular complexity index is 721. The summed E-state index contributed by atoms with van der Waals surface area (Å²) in [6.45, 7) is 5.51. The number of nitrogens with zero attached hydrogens (tertiary/aromatic N) is 4. The molecule has 0 bridgehead atoms. The summed E-state index contributed by atoms with van der Waals surface area (Å²) >= 11 is 0. The van der Waals surface area contributed by atoms with Gasteiger partial charge in [-0.15, -0.1) is 5.10 Å². The highest BCUT2D eigenvalue weighted by Crippen LogP contribution is 2.40. The molecule has 8 heteroatoms. The van der Waals surface area contributed by atoms with Gasteiger partial charge in [-0.25, -0.2) is 9.48 Å². The number of likely N-dealkylation sites (tertiary alicyclic amines) is 1. The molecule has 8 nitrogen and oxygen atoms in total. The summed E-state index contributed by atoms with van der Waals surface area (Å²) in [5.74, 6) is -1.14. The van der Waals surface area contributed by atoms with Crippen molar-refractivity contribution in [2.75, 3.05) is 0 Å². The number of fused-ring (bicyclic) bond motifs is 1. The van der Waals surface area contributed by atoms with E-state index in [1.807, 2.05) is 20.8 Å². The molecule has 1 saturated heterocycles. The van der Waals surface area contributed by atoms with Crippen LogP contribution in [0, 0.1) is 11.3 Å². The maximum absolute atomic E-state index is 13.0. The lowest BCUT2D eigenvalue weighted by atomic mass is 9.84. The molecule has 142 valence electrons. The third kappa shape index (κ3) is 3.50. The van der Waals surface area contributed by atoms with Crippen LogP contribution in [0.2, 0.25) is 0 Å². The molecule has 3 atom stereocenters.